The van der Waals surface area contributed by atoms with E-state index in [2.05, 4.69) is 15.4 Å². The summed E-state index contributed by atoms with van der Waals surface area (Å²) in [4.78, 5) is 10.2. The molecule has 12 heavy (non-hydrogen) atoms. The maximum atomic E-state index is 10.2. The average Bonchev–Trinajstić information content (AvgIpc) is 2.47. The van der Waals surface area contributed by atoms with Gasteiger partial charge < -0.3 is 0 Å². The van der Waals surface area contributed by atoms with Gasteiger partial charge in [0.25, 0.3) is 0 Å². The summed E-state index contributed by atoms with van der Waals surface area (Å²) < 4.78 is 1.72. The Balaban J connectivity index is 2.79. The molecule has 5 nitrogen and oxygen atoms in total. The largest absolute Gasteiger partial charge is 0.284 e. The first-order valence-electron chi connectivity index (χ1n) is 3.46. The Labute approximate surface area is 68.0 Å². The lowest BCUT2D eigenvalue weighted by Crippen LogP contribution is -1.85. The lowest BCUT2D eigenvalue weighted by molar-refractivity contribution is 1.01. The lowest BCUT2D eigenvalue weighted by Gasteiger charge is -1.93. The standard InChI is InChI=1S/C7H6N4O/c1-5-8-9-7-3-2-6(10-12)4-11(5)7/h2-4H,1H3. The van der Waals surface area contributed by atoms with Gasteiger partial charge >= 0.3 is 0 Å². The monoisotopic (exact) mass is 162 g/mol. The minimum absolute atomic E-state index is 0.380. The Kier molecular flexibility index (Phi) is 1.36. The van der Waals surface area contributed by atoms with Crippen LogP contribution >= 0.6 is 0 Å². The summed E-state index contributed by atoms with van der Waals surface area (Å²) in [6.45, 7) is 1.81. The third-order valence-corrected chi connectivity index (χ3v) is 1.66. The first-order chi connectivity index (χ1) is 5.81. The fourth-order valence-electron chi connectivity index (χ4n) is 1.05. The van der Waals surface area contributed by atoms with Crippen molar-refractivity contribution in [3.05, 3.63) is 29.1 Å². The Morgan fingerprint density at radius 2 is 2.25 bits per heavy atom. The SMILES string of the molecule is Cc1nnc2ccc(N=O)cn12. The van der Waals surface area contributed by atoms with Crippen LogP contribution in [0.1, 0.15) is 5.82 Å². The highest BCUT2D eigenvalue weighted by molar-refractivity contribution is 5.46. The summed E-state index contributed by atoms with van der Waals surface area (Å²) >= 11 is 0. The molecule has 0 bridgehead atoms. The van der Waals surface area contributed by atoms with Crippen LogP contribution in [0.15, 0.2) is 23.5 Å². The van der Waals surface area contributed by atoms with Crippen LogP contribution < -0.4 is 0 Å². The fraction of sp³-hybridized carbons (Fsp3) is 0.143. The van der Waals surface area contributed by atoms with Gasteiger partial charge in [0.1, 0.15) is 11.5 Å². The summed E-state index contributed by atoms with van der Waals surface area (Å²) in [5.74, 6) is 0.746. The molecular formula is C7H6N4O. The van der Waals surface area contributed by atoms with Gasteiger partial charge in [-0.25, -0.2) is 0 Å². The molecule has 0 radical (unpaired) electrons. The molecule has 0 atom stereocenters. The molecule has 0 spiro atoms. The first kappa shape index (κ1) is 6.90. The van der Waals surface area contributed by atoms with Gasteiger partial charge in [-0.3, -0.25) is 4.40 Å². The van der Waals surface area contributed by atoms with Crippen molar-refractivity contribution in [1.29, 1.82) is 0 Å². The second kappa shape index (κ2) is 2.37. The minimum atomic E-state index is 0.380. The van der Waals surface area contributed by atoms with Crippen LogP contribution in [0.5, 0.6) is 0 Å². The molecule has 60 valence electrons. The summed E-state index contributed by atoms with van der Waals surface area (Å²) in [6, 6.07) is 3.31. The molecule has 0 aliphatic heterocycles. The van der Waals surface area contributed by atoms with Crippen LogP contribution in [-0.2, 0) is 0 Å². The third kappa shape index (κ3) is 0.868. The molecule has 0 aliphatic carbocycles. The van der Waals surface area contributed by atoms with Crippen molar-refractivity contribution in [3.63, 3.8) is 0 Å². The Hall–Kier alpha value is -1.78. The summed E-state index contributed by atoms with van der Waals surface area (Å²) in [6.07, 6.45) is 1.61. The molecule has 2 heterocycles. The van der Waals surface area contributed by atoms with Gasteiger partial charge in [0.15, 0.2) is 5.65 Å². The van der Waals surface area contributed by atoms with Gasteiger partial charge in [-0.1, -0.05) is 0 Å². The van der Waals surface area contributed by atoms with Crippen molar-refractivity contribution in [3.8, 4) is 0 Å². The van der Waals surface area contributed by atoms with Crippen LogP contribution in [0.2, 0.25) is 0 Å². The van der Waals surface area contributed by atoms with Crippen molar-refractivity contribution >= 4 is 11.3 Å². The van der Waals surface area contributed by atoms with Gasteiger partial charge in [-0.2, -0.15) is 0 Å². The van der Waals surface area contributed by atoms with E-state index in [9.17, 15) is 4.91 Å². The molecular weight excluding hydrogens is 156 g/mol. The van der Waals surface area contributed by atoms with E-state index in [1.807, 2.05) is 6.92 Å². The molecule has 0 aliphatic rings. The average molecular weight is 162 g/mol. The number of pyridine rings is 1. The molecule has 0 saturated carbocycles. The third-order valence-electron chi connectivity index (χ3n) is 1.66. The smallest absolute Gasteiger partial charge is 0.160 e. The van der Waals surface area contributed by atoms with Gasteiger partial charge in [-0.05, 0) is 24.2 Å². The molecule has 0 saturated heterocycles. The van der Waals surface area contributed by atoms with Gasteiger partial charge in [-0.15, -0.1) is 15.1 Å². The zero-order chi connectivity index (χ0) is 8.55. The molecule has 0 aromatic carbocycles. The number of hydrogen-bond acceptors (Lipinski definition) is 4. The number of aryl methyl sites for hydroxylation is 1. The van der Waals surface area contributed by atoms with E-state index in [1.165, 1.54) is 0 Å². The van der Waals surface area contributed by atoms with E-state index >= 15 is 0 Å². The van der Waals surface area contributed by atoms with Crippen molar-refractivity contribution in [1.82, 2.24) is 14.6 Å². The Morgan fingerprint density at radius 1 is 1.42 bits per heavy atom. The quantitative estimate of drug-likeness (QED) is 0.596. The highest BCUT2D eigenvalue weighted by atomic mass is 16.3. The minimum Gasteiger partial charge on any atom is -0.284 e. The summed E-state index contributed by atoms with van der Waals surface area (Å²) in [7, 11) is 0. The van der Waals surface area contributed by atoms with Gasteiger partial charge in [0, 0.05) is 6.20 Å². The lowest BCUT2D eigenvalue weighted by atomic mass is 10.4. The predicted octanol–water partition coefficient (Wildman–Crippen LogP) is 1.44. The van der Waals surface area contributed by atoms with Crippen LogP contribution in [0.4, 0.5) is 5.69 Å². The van der Waals surface area contributed by atoms with E-state index in [0.29, 0.717) is 5.69 Å². The number of fused-ring (bicyclic) bond motifs is 1. The van der Waals surface area contributed by atoms with Crippen LogP contribution in [0.3, 0.4) is 0 Å². The first-order valence-corrected chi connectivity index (χ1v) is 3.46. The van der Waals surface area contributed by atoms with Crippen LogP contribution in [0, 0.1) is 11.8 Å². The second-order valence-corrected chi connectivity index (χ2v) is 2.45. The van der Waals surface area contributed by atoms with Crippen LogP contribution in [-0.4, -0.2) is 14.6 Å². The number of nitrogens with zero attached hydrogens (tertiary/aromatic N) is 4. The Morgan fingerprint density at radius 3 is 3.00 bits per heavy atom. The molecule has 2 aromatic rings. The van der Waals surface area contributed by atoms with Gasteiger partial charge in [0.05, 0.1) is 0 Å². The normalized spacial score (nSPS) is 10.4. The van der Waals surface area contributed by atoms with E-state index in [1.54, 1.807) is 22.7 Å². The Bertz CT molecular complexity index is 434. The number of rotatable bonds is 1. The second-order valence-electron chi connectivity index (χ2n) is 2.45. The molecule has 0 unspecified atom stereocenters. The highest BCUT2D eigenvalue weighted by Gasteiger charge is 2.00. The van der Waals surface area contributed by atoms with Crippen LogP contribution in [0.25, 0.3) is 5.65 Å². The van der Waals surface area contributed by atoms with E-state index in [4.69, 9.17) is 0 Å². The molecule has 2 rings (SSSR count). The number of aromatic nitrogens is 3. The number of hydrogen-bond donors (Lipinski definition) is 0. The maximum absolute atomic E-state index is 10.2. The van der Waals surface area contributed by atoms with E-state index in [0.717, 1.165) is 11.5 Å². The fourth-order valence-corrected chi connectivity index (χ4v) is 1.05. The maximum Gasteiger partial charge on any atom is 0.160 e. The summed E-state index contributed by atoms with van der Waals surface area (Å²) in [5, 5.41) is 10.5. The number of nitroso groups, excluding NO2 is 1. The molecule has 0 amide bonds. The zero-order valence-electron chi connectivity index (χ0n) is 6.43. The van der Waals surface area contributed by atoms with Gasteiger partial charge in [0.2, 0.25) is 0 Å². The topological polar surface area (TPSA) is 59.6 Å². The molecule has 0 N–H and O–H groups in total. The van der Waals surface area contributed by atoms with Crippen molar-refractivity contribution in [2.24, 2.45) is 5.18 Å². The van der Waals surface area contributed by atoms with E-state index < -0.39 is 0 Å². The molecule has 0 fully saturated rings. The zero-order valence-corrected chi connectivity index (χ0v) is 6.43. The molecule has 2 aromatic heterocycles. The predicted molar refractivity (Wildman–Crippen MR) is 43.2 cm³/mol. The van der Waals surface area contributed by atoms with Crippen molar-refractivity contribution in [2.45, 2.75) is 6.92 Å². The van der Waals surface area contributed by atoms with E-state index in [-0.39, 0.29) is 0 Å². The van der Waals surface area contributed by atoms with Crippen molar-refractivity contribution < 1.29 is 0 Å². The van der Waals surface area contributed by atoms with Crippen molar-refractivity contribution in [2.75, 3.05) is 0 Å². The molecule has 5 heteroatoms. The highest BCUT2D eigenvalue weighted by Crippen LogP contribution is 2.12. The summed E-state index contributed by atoms with van der Waals surface area (Å²) in [5.41, 5.74) is 1.10.